The lowest BCUT2D eigenvalue weighted by Crippen LogP contribution is -2.25. The first-order valence-electron chi connectivity index (χ1n) is 6.06. The molecule has 0 unspecified atom stereocenters. The minimum Gasteiger partial charge on any atom is -0.384 e. The van der Waals surface area contributed by atoms with Crippen LogP contribution in [0.15, 0.2) is 18.2 Å². The summed E-state index contributed by atoms with van der Waals surface area (Å²) in [6.07, 6.45) is 1.19. The third kappa shape index (κ3) is 6.15. The van der Waals surface area contributed by atoms with Crippen molar-refractivity contribution in [2.45, 2.75) is 6.54 Å². The fourth-order valence-electron chi connectivity index (χ4n) is 1.63. The summed E-state index contributed by atoms with van der Waals surface area (Å²) in [6.45, 7) is 0.564. The van der Waals surface area contributed by atoms with Crippen LogP contribution in [0.2, 0.25) is 0 Å². The van der Waals surface area contributed by atoms with E-state index in [1.54, 1.807) is 13.1 Å². The van der Waals surface area contributed by atoms with Gasteiger partial charge in [-0.1, -0.05) is 17.9 Å². The van der Waals surface area contributed by atoms with Crippen LogP contribution in [0.3, 0.4) is 0 Å². The average Bonchev–Trinajstić information content (AvgIpc) is 2.36. The molecule has 0 aliphatic heterocycles. The highest BCUT2D eigenvalue weighted by Crippen LogP contribution is 2.12. The smallest absolute Gasteiger partial charge is 0.148 e. The maximum atomic E-state index is 13.2. The molecule has 0 fully saturated rings. The lowest BCUT2D eigenvalue weighted by molar-refractivity contribution is 0.345. The molecule has 0 saturated carbocycles. The molecule has 1 aromatic carbocycles. The lowest BCUT2D eigenvalue weighted by atomic mass is 10.1. The summed E-state index contributed by atoms with van der Waals surface area (Å²) in [5, 5.41) is 8.70. The molecule has 0 radical (unpaired) electrons. The van der Waals surface area contributed by atoms with E-state index in [1.165, 1.54) is 18.4 Å². The second-order valence-electron chi connectivity index (χ2n) is 4.63. The Kier molecular flexibility index (Phi) is 6.14. The molecule has 0 spiro atoms. The van der Waals surface area contributed by atoms with Crippen LogP contribution in [0.1, 0.15) is 11.1 Å². The quantitative estimate of drug-likeness (QED) is 0.811. The van der Waals surface area contributed by atoms with E-state index in [1.807, 2.05) is 4.90 Å². The first-order valence-corrected chi connectivity index (χ1v) is 8.12. The molecule has 0 aliphatic rings. The summed E-state index contributed by atoms with van der Waals surface area (Å²) in [4.78, 5) is 1.83. The molecule has 20 heavy (non-hydrogen) atoms. The summed E-state index contributed by atoms with van der Waals surface area (Å²) in [5.41, 5.74) is 1.30. The van der Waals surface area contributed by atoms with Crippen LogP contribution in [0.25, 0.3) is 0 Å². The van der Waals surface area contributed by atoms with Crippen molar-refractivity contribution in [2.24, 2.45) is 0 Å². The van der Waals surface area contributed by atoms with Gasteiger partial charge in [0.15, 0.2) is 0 Å². The van der Waals surface area contributed by atoms with Gasteiger partial charge < -0.3 is 10.0 Å². The van der Waals surface area contributed by atoms with Gasteiger partial charge in [-0.05, 0) is 24.7 Å². The maximum Gasteiger partial charge on any atom is 0.148 e. The number of aliphatic hydroxyl groups is 1. The van der Waals surface area contributed by atoms with Gasteiger partial charge in [-0.15, -0.1) is 0 Å². The summed E-state index contributed by atoms with van der Waals surface area (Å²) in [5.74, 6) is 4.86. The molecular weight excluding hydrogens is 281 g/mol. The molecule has 0 amide bonds. The van der Waals surface area contributed by atoms with Crippen molar-refractivity contribution in [3.8, 4) is 11.8 Å². The summed E-state index contributed by atoms with van der Waals surface area (Å²) in [6, 6.07) is 4.26. The van der Waals surface area contributed by atoms with E-state index >= 15 is 0 Å². The van der Waals surface area contributed by atoms with Crippen LogP contribution in [0.5, 0.6) is 0 Å². The number of rotatable bonds is 5. The van der Waals surface area contributed by atoms with Crippen molar-refractivity contribution in [1.29, 1.82) is 0 Å². The Morgan fingerprint density at radius 2 is 2.10 bits per heavy atom. The van der Waals surface area contributed by atoms with Gasteiger partial charge in [0.25, 0.3) is 0 Å². The Hall–Kier alpha value is -1.42. The Labute approximate surface area is 119 Å². The SMILES string of the molecule is CN(CCS(C)(=O)=O)Cc1ccc(F)cc1C#CCO. The number of hydrogen-bond acceptors (Lipinski definition) is 4. The van der Waals surface area contributed by atoms with Gasteiger partial charge in [-0.3, -0.25) is 0 Å². The molecular formula is C14H18FNO3S. The van der Waals surface area contributed by atoms with Crippen LogP contribution < -0.4 is 0 Å². The van der Waals surface area contributed by atoms with Crippen LogP contribution in [-0.2, 0) is 16.4 Å². The van der Waals surface area contributed by atoms with Crippen LogP contribution in [0, 0.1) is 17.7 Å². The van der Waals surface area contributed by atoms with Gasteiger partial charge in [-0.2, -0.15) is 0 Å². The molecule has 0 heterocycles. The molecule has 1 rings (SSSR count). The number of halogens is 1. The molecule has 110 valence electrons. The standard InChI is InChI=1S/C14H18FNO3S/c1-16(7-9-20(2,18)19)11-13-5-6-14(15)10-12(13)4-3-8-17/h5-6,10,17H,7-9,11H2,1-2H3. The van der Waals surface area contributed by atoms with E-state index in [-0.39, 0.29) is 12.4 Å². The number of aliphatic hydroxyl groups excluding tert-OH is 1. The van der Waals surface area contributed by atoms with Gasteiger partial charge in [0, 0.05) is 24.9 Å². The minimum absolute atomic E-state index is 0.0718. The van der Waals surface area contributed by atoms with Crippen LogP contribution in [0.4, 0.5) is 4.39 Å². The van der Waals surface area contributed by atoms with Crippen molar-refractivity contribution in [1.82, 2.24) is 4.90 Å². The van der Waals surface area contributed by atoms with Crippen molar-refractivity contribution in [3.05, 3.63) is 35.1 Å². The van der Waals surface area contributed by atoms with Crippen LogP contribution >= 0.6 is 0 Å². The highest BCUT2D eigenvalue weighted by atomic mass is 32.2. The van der Waals surface area contributed by atoms with Gasteiger partial charge in [0.2, 0.25) is 0 Å². The van der Waals surface area contributed by atoms with E-state index in [0.717, 1.165) is 5.56 Å². The first kappa shape index (κ1) is 16.6. The first-order chi connectivity index (χ1) is 9.31. The van der Waals surface area contributed by atoms with Crippen LogP contribution in [-0.4, -0.2) is 50.6 Å². The largest absolute Gasteiger partial charge is 0.384 e. The fourth-order valence-corrected chi connectivity index (χ4v) is 2.27. The average molecular weight is 299 g/mol. The molecule has 0 saturated heterocycles. The molecule has 6 heteroatoms. The zero-order chi connectivity index (χ0) is 15.2. The molecule has 4 nitrogen and oxygen atoms in total. The monoisotopic (exact) mass is 299 g/mol. The predicted molar refractivity (Wildman–Crippen MR) is 76.4 cm³/mol. The fraction of sp³-hybridized carbons (Fsp3) is 0.429. The zero-order valence-corrected chi connectivity index (χ0v) is 12.4. The summed E-state index contributed by atoms with van der Waals surface area (Å²) in [7, 11) is -1.22. The number of benzene rings is 1. The third-order valence-corrected chi connectivity index (χ3v) is 3.58. The van der Waals surface area contributed by atoms with Gasteiger partial charge in [0.1, 0.15) is 22.3 Å². The van der Waals surface area contributed by atoms with Gasteiger partial charge in [0.05, 0.1) is 5.75 Å². The van der Waals surface area contributed by atoms with E-state index < -0.39 is 15.7 Å². The summed E-state index contributed by atoms with van der Waals surface area (Å²) >= 11 is 0. The van der Waals surface area contributed by atoms with E-state index in [4.69, 9.17) is 5.11 Å². The van der Waals surface area contributed by atoms with Gasteiger partial charge in [-0.25, -0.2) is 12.8 Å². The molecule has 0 aliphatic carbocycles. The third-order valence-electron chi connectivity index (χ3n) is 2.66. The minimum atomic E-state index is -3.01. The number of sulfone groups is 1. The number of nitrogens with zero attached hydrogens (tertiary/aromatic N) is 1. The summed E-state index contributed by atoms with van der Waals surface area (Å²) < 4.78 is 35.4. The Bertz CT molecular complexity index is 617. The second-order valence-corrected chi connectivity index (χ2v) is 6.89. The van der Waals surface area contributed by atoms with E-state index in [9.17, 15) is 12.8 Å². The Morgan fingerprint density at radius 3 is 2.70 bits per heavy atom. The lowest BCUT2D eigenvalue weighted by Gasteiger charge is -2.17. The highest BCUT2D eigenvalue weighted by molar-refractivity contribution is 7.90. The van der Waals surface area contributed by atoms with E-state index in [2.05, 4.69) is 11.8 Å². The molecule has 1 N–H and O–H groups in total. The molecule has 0 atom stereocenters. The topological polar surface area (TPSA) is 57.6 Å². The highest BCUT2D eigenvalue weighted by Gasteiger charge is 2.09. The molecule has 1 aromatic rings. The van der Waals surface area contributed by atoms with Gasteiger partial charge >= 0.3 is 0 Å². The van der Waals surface area contributed by atoms with E-state index in [0.29, 0.717) is 18.7 Å². The Morgan fingerprint density at radius 1 is 1.40 bits per heavy atom. The van der Waals surface area contributed by atoms with Crippen molar-refractivity contribution in [3.63, 3.8) is 0 Å². The Balaban J connectivity index is 2.81. The second kappa shape index (κ2) is 7.39. The van der Waals surface area contributed by atoms with Crippen molar-refractivity contribution < 1.29 is 17.9 Å². The molecule has 0 bridgehead atoms. The maximum absolute atomic E-state index is 13.2. The van der Waals surface area contributed by atoms with Crippen molar-refractivity contribution >= 4 is 9.84 Å². The predicted octanol–water partition coefficient (Wildman–Crippen LogP) is 0.646. The zero-order valence-electron chi connectivity index (χ0n) is 11.6. The number of hydrogen-bond donors (Lipinski definition) is 1. The molecule has 0 aromatic heterocycles. The normalized spacial score (nSPS) is 11.2. The van der Waals surface area contributed by atoms with Crippen molar-refractivity contribution in [2.75, 3.05) is 32.2 Å².